The SMILES string of the molecule is C=C(c1cccc(CC)c1)C(C)C. The second-order valence-electron chi connectivity index (χ2n) is 3.73. The maximum absolute atomic E-state index is 4.10. The minimum absolute atomic E-state index is 0.534. The summed E-state index contributed by atoms with van der Waals surface area (Å²) < 4.78 is 0. The van der Waals surface area contributed by atoms with E-state index in [4.69, 9.17) is 0 Å². The van der Waals surface area contributed by atoms with Gasteiger partial charge in [0.05, 0.1) is 0 Å². The van der Waals surface area contributed by atoms with Crippen molar-refractivity contribution in [2.75, 3.05) is 0 Å². The molecule has 13 heavy (non-hydrogen) atoms. The third kappa shape index (κ3) is 2.45. The summed E-state index contributed by atoms with van der Waals surface area (Å²) in [6, 6.07) is 8.66. The fraction of sp³-hybridized carbons (Fsp3) is 0.385. The van der Waals surface area contributed by atoms with Gasteiger partial charge >= 0.3 is 0 Å². The van der Waals surface area contributed by atoms with E-state index in [0.717, 1.165) is 6.42 Å². The Morgan fingerprint density at radius 1 is 1.38 bits per heavy atom. The van der Waals surface area contributed by atoms with Gasteiger partial charge in [0.15, 0.2) is 0 Å². The topological polar surface area (TPSA) is 0 Å². The van der Waals surface area contributed by atoms with Gasteiger partial charge in [0.25, 0.3) is 0 Å². The minimum atomic E-state index is 0.534. The Morgan fingerprint density at radius 2 is 2.08 bits per heavy atom. The van der Waals surface area contributed by atoms with Crippen LogP contribution in [-0.2, 0) is 6.42 Å². The van der Waals surface area contributed by atoms with Gasteiger partial charge < -0.3 is 0 Å². The first-order valence-corrected chi connectivity index (χ1v) is 4.93. The van der Waals surface area contributed by atoms with Crippen molar-refractivity contribution in [2.24, 2.45) is 5.92 Å². The van der Waals surface area contributed by atoms with Crippen LogP contribution in [0.15, 0.2) is 30.8 Å². The highest BCUT2D eigenvalue weighted by atomic mass is 14.1. The molecule has 0 aliphatic carbocycles. The van der Waals surface area contributed by atoms with E-state index in [1.54, 1.807) is 0 Å². The molecule has 0 aliphatic rings. The van der Waals surface area contributed by atoms with Gasteiger partial charge in [0.2, 0.25) is 0 Å². The summed E-state index contributed by atoms with van der Waals surface area (Å²) in [6.07, 6.45) is 1.10. The lowest BCUT2D eigenvalue weighted by molar-refractivity contribution is 0.857. The monoisotopic (exact) mass is 174 g/mol. The predicted molar refractivity (Wildman–Crippen MR) is 59.7 cm³/mol. The Bertz CT molecular complexity index is 295. The van der Waals surface area contributed by atoms with Crippen LogP contribution in [0.2, 0.25) is 0 Å². The van der Waals surface area contributed by atoms with E-state index in [0.29, 0.717) is 5.92 Å². The van der Waals surface area contributed by atoms with Crippen molar-refractivity contribution in [1.82, 2.24) is 0 Å². The minimum Gasteiger partial charge on any atom is -0.0950 e. The van der Waals surface area contributed by atoms with Crippen molar-refractivity contribution >= 4 is 5.57 Å². The lowest BCUT2D eigenvalue weighted by Gasteiger charge is -2.10. The van der Waals surface area contributed by atoms with Crippen molar-refractivity contribution < 1.29 is 0 Å². The van der Waals surface area contributed by atoms with E-state index < -0.39 is 0 Å². The van der Waals surface area contributed by atoms with Crippen molar-refractivity contribution in [3.05, 3.63) is 42.0 Å². The standard InChI is InChI=1S/C13H18/c1-5-12-7-6-8-13(9-12)11(4)10(2)3/h6-10H,4-5H2,1-3H3. The van der Waals surface area contributed by atoms with Crippen LogP contribution < -0.4 is 0 Å². The first-order valence-electron chi connectivity index (χ1n) is 4.93. The normalized spacial score (nSPS) is 10.5. The Hall–Kier alpha value is -1.04. The molecular formula is C13H18. The summed E-state index contributed by atoms with van der Waals surface area (Å²) >= 11 is 0. The molecule has 1 aromatic rings. The summed E-state index contributed by atoms with van der Waals surface area (Å²) in [4.78, 5) is 0. The van der Waals surface area contributed by atoms with E-state index in [-0.39, 0.29) is 0 Å². The quantitative estimate of drug-likeness (QED) is 0.651. The summed E-state index contributed by atoms with van der Waals surface area (Å²) in [5, 5.41) is 0. The van der Waals surface area contributed by atoms with E-state index in [1.165, 1.54) is 16.7 Å². The molecule has 1 aromatic carbocycles. The third-order valence-electron chi connectivity index (χ3n) is 2.40. The Morgan fingerprint density at radius 3 is 2.62 bits per heavy atom. The summed E-state index contributed by atoms with van der Waals surface area (Å²) in [5.74, 6) is 0.534. The molecule has 70 valence electrons. The molecule has 0 unspecified atom stereocenters. The highest BCUT2D eigenvalue weighted by molar-refractivity contribution is 5.65. The van der Waals surface area contributed by atoms with Crippen molar-refractivity contribution in [3.63, 3.8) is 0 Å². The second kappa shape index (κ2) is 4.27. The van der Waals surface area contributed by atoms with Gasteiger partial charge in [-0.2, -0.15) is 0 Å². The van der Waals surface area contributed by atoms with Gasteiger partial charge in [-0.15, -0.1) is 0 Å². The smallest absolute Gasteiger partial charge is 0.0219 e. The zero-order valence-corrected chi connectivity index (χ0v) is 8.80. The number of hydrogen-bond donors (Lipinski definition) is 0. The van der Waals surface area contributed by atoms with Crippen LogP contribution in [0, 0.1) is 5.92 Å². The fourth-order valence-electron chi connectivity index (χ4n) is 1.32. The highest BCUT2D eigenvalue weighted by Gasteiger charge is 2.03. The lowest BCUT2D eigenvalue weighted by Crippen LogP contribution is -1.92. The molecule has 0 heteroatoms. The maximum Gasteiger partial charge on any atom is -0.0219 e. The number of hydrogen-bond acceptors (Lipinski definition) is 0. The molecule has 0 saturated heterocycles. The number of aryl methyl sites for hydroxylation is 1. The number of benzene rings is 1. The first-order chi connectivity index (χ1) is 6.15. The van der Waals surface area contributed by atoms with Gasteiger partial charge in [0, 0.05) is 0 Å². The van der Waals surface area contributed by atoms with Gasteiger partial charge in [-0.3, -0.25) is 0 Å². The fourth-order valence-corrected chi connectivity index (χ4v) is 1.32. The van der Waals surface area contributed by atoms with Crippen LogP contribution in [0.4, 0.5) is 0 Å². The molecule has 0 spiro atoms. The maximum atomic E-state index is 4.10. The van der Waals surface area contributed by atoms with Crippen LogP contribution >= 0.6 is 0 Å². The van der Waals surface area contributed by atoms with Crippen LogP contribution in [0.25, 0.3) is 5.57 Å². The Kier molecular flexibility index (Phi) is 3.30. The van der Waals surface area contributed by atoms with Crippen molar-refractivity contribution in [2.45, 2.75) is 27.2 Å². The van der Waals surface area contributed by atoms with Crippen LogP contribution in [0.5, 0.6) is 0 Å². The molecule has 1 rings (SSSR count). The molecule has 0 radical (unpaired) electrons. The van der Waals surface area contributed by atoms with E-state index in [2.05, 4.69) is 51.6 Å². The highest BCUT2D eigenvalue weighted by Crippen LogP contribution is 2.21. The Balaban J connectivity index is 2.95. The van der Waals surface area contributed by atoms with Gasteiger partial charge in [-0.05, 0) is 29.0 Å². The van der Waals surface area contributed by atoms with Gasteiger partial charge in [-0.25, -0.2) is 0 Å². The molecule has 0 saturated carbocycles. The van der Waals surface area contributed by atoms with Crippen LogP contribution in [0.3, 0.4) is 0 Å². The average molecular weight is 174 g/mol. The molecule has 0 amide bonds. The molecule has 0 aromatic heterocycles. The molecular weight excluding hydrogens is 156 g/mol. The van der Waals surface area contributed by atoms with E-state index >= 15 is 0 Å². The zero-order valence-electron chi connectivity index (χ0n) is 8.80. The van der Waals surface area contributed by atoms with Gasteiger partial charge in [-0.1, -0.05) is 51.6 Å². The van der Waals surface area contributed by atoms with Crippen molar-refractivity contribution in [3.8, 4) is 0 Å². The Labute approximate surface area is 81.3 Å². The third-order valence-corrected chi connectivity index (χ3v) is 2.40. The summed E-state index contributed by atoms with van der Waals surface area (Å²) in [6.45, 7) is 10.6. The van der Waals surface area contributed by atoms with Crippen molar-refractivity contribution in [1.29, 1.82) is 0 Å². The zero-order chi connectivity index (χ0) is 9.84. The molecule has 0 heterocycles. The number of rotatable bonds is 3. The van der Waals surface area contributed by atoms with Crippen LogP contribution in [0.1, 0.15) is 31.9 Å². The molecule has 0 nitrogen and oxygen atoms in total. The summed E-state index contributed by atoms with van der Waals surface area (Å²) in [5.41, 5.74) is 3.91. The molecule has 0 aliphatic heterocycles. The first kappa shape index (κ1) is 10.0. The number of allylic oxidation sites excluding steroid dienone is 1. The molecule has 0 N–H and O–H groups in total. The lowest BCUT2D eigenvalue weighted by atomic mass is 9.95. The second-order valence-corrected chi connectivity index (χ2v) is 3.73. The van der Waals surface area contributed by atoms with E-state index in [9.17, 15) is 0 Å². The average Bonchev–Trinajstić information content (AvgIpc) is 2.16. The van der Waals surface area contributed by atoms with Crippen LogP contribution in [-0.4, -0.2) is 0 Å². The molecule has 0 bridgehead atoms. The largest absolute Gasteiger partial charge is 0.0950 e. The summed E-state index contributed by atoms with van der Waals surface area (Å²) in [7, 11) is 0. The predicted octanol–water partition coefficient (Wildman–Crippen LogP) is 3.92. The van der Waals surface area contributed by atoms with E-state index in [1.807, 2.05) is 0 Å². The van der Waals surface area contributed by atoms with Gasteiger partial charge in [0.1, 0.15) is 0 Å². The molecule has 0 atom stereocenters. The molecule has 0 fully saturated rings.